The molecule has 21 heavy (non-hydrogen) atoms. The van der Waals surface area contributed by atoms with Crippen LogP contribution in [-0.2, 0) is 0 Å². The van der Waals surface area contributed by atoms with Gasteiger partial charge >= 0.3 is 0 Å². The summed E-state index contributed by atoms with van der Waals surface area (Å²) in [7, 11) is 0. The summed E-state index contributed by atoms with van der Waals surface area (Å²) in [6.07, 6.45) is 0.607. The van der Waals surface area contributed by atoms with E-state index in [1.54, 1.807) is 6.07 Å². The average molecular weight is 286 g/mol. The molecule has 0 spiro atoms. The van der Waals surface area contributed by atoms with Crippen LogP contribution in [0.2, 0.25) is 0 Å². The molecule has 106 valence electrons. The van der Waals surface area contributed by atoms with Crippen LogP contribution in [0.15, 0.2) is 36.4 Å². The standard InChI is InChI=1S/C16H12F2N2O/c17-11-2-4-16-12(8-11)14(5-6-21-16)20-15-3-1-10(9-19)7-13(15)18/h1-4,7-8,14,20H,5-6H2. The zero-order chi connectivity index (χ0) is 14.8. The summed E-state index contributed by atoms with van der Waals surface area (Å²) in [6, 6.07) is 10.2. The van der Waals surface area contributed by atoms with Gasteiger partial charge in [0, 0.05) is 12.0 Å². The van der Waals surface area contributed by atoms with Crippen molar-refractivity contribution in [2.24, 2.45) is 0 Å². The van der Waals surface area contributed by atoms with Gasteiger partial charge in [-0.2, -0.15) is 5.26 Å². The largest absolute Gasteiger partial charge is 0.493 e. The molecule has 1 aliphatic rings. The van der Waals surface area contributed by atoms with Gasteiger partial charge in [0.1, 0.15) is 17.4 Å². The topological polar surface area (TPSA) is 45.0 Å². The molecule has 0 aromatic heterocycles. The zero-order valence-electron chi connectivity index (χ0n) is 11.1. The third-order valence-electron chi connectivity index (χ3n) is 3.44. The molecule has 5 heteroatoms. The van der Waals surface area contributed by atoms with Gasteiger partial charge in [-0.25, -0.2) is 8.78 Å². The molecule has 0 saturated heterocycles. The van der Waals surface area contributed by atoms with Crippen LogP contribution in [0.25, 0.3) is 0 Å². The predicted molar refractivity (Wildman–Crippen MR) is 74.0 cm³/mol. The number of hydrogen-bond donors (Lipinski definition) is 1. The summed E-state index contributed by atoms with van der Waals surface area (Å²) in [5.41, 5.74) is 1.22. The number of benzene rings is 2. The fourth-order valence-electron chi connectivity index (χ4n) is 2.40. The minimum atomic E-state index is -0.501. The molecule has 2 aromatic rings. The predicted octanol–water partition coefficient (Wildman–Crippen LogP) is 3.77. The van der Waals surface area contributed by atoms with Gasteiger partial charge in [0.2, 0.25) is 0 Å². The van der Waals surface area contributed by atoms with E-state index >= 15 is 0 Å². The number of anilines is 1. The minimum Gasteiger partial charge on any atom is -0.493 e. The number of rotatable bonds is 2. The second-order valence-corrected chi connectivity index (χ2v) is 4.82. The Labute approximate surface area is 120 Å². The van der Waals surface area contributed by atoms with Gasteiger partial charge in [0.05, 0.1) is 30.0 Å². The Bertz CT molecular complexity index is 725. The maximum atomic E-state index is 13.9. The molecule has 1 N–H and O–H groups in total. The van der Waals surface area contributed by atoms with Crippen LogP contribution in [0.4, 0.5) is 14.5 Å². The Kier molecular flexibility index (Phi) is 3.44. The molecule has 0 saturated carbocycles. The highest BCUT2D eigenvalue weighted by atomic mass is 19.1. The first-order valence-corrected chi connectivity index (χ1v) is 6.56. The second kappa shape index (κ2) is 5.41. The lowest BCUT2D eigenvalue weighted by molar-refractivity contribution is 0.273. The number of halogens is 2. The fraction of sp³-hybridized carbons (Fsp3) is 0.188. The number of ether oxygens (including phenoxy) is 1. The summed E-state index contributed by atoms with van der Waals surface area (Å²) < 4.78 is 32.8. The van der Waals surface area contributed by atoms with Crippen molar-refractivity contribution >= 4 is 5.69 Å². The first kappa shape index (κ1) is 13.4. The number of nitrogens with one attached hydrogen (secondary N) is 1. The quantitative estimate of drug-likeness (QED) is 0.914. The Balaban J connectivity index is 1.90. The maximum Gasteiger partial charge on any atom is 0.147 e. The SMILES string of the molecule is N#Cc1ccc(NC2CCOc3ccc(F)cc32)c(F)c1. The third-order valence-corrected chi connectivity index (χ3v) is 3.44. The monoisotopic (exact) mass is 286 g/mol. The van der Waals surface area contributed by atoms with E-state index in [4.69, 9.17) is 10.00 Å². The van der Waals surface area contributed by atoms with Crippen molar-refractivity contribution in [1.29, 1.82) is 5.26 Å². The van der Waals surface area contributed by atoms with Gasteiger partial charge in [-0.05, 0) is 36.4 Å². The van der Waals surface area contributed by atoms with E-state index in [1.807, 2.05) is 6.07 Å². The van der Waals surface area contributed by atoms with Gasteiger partial charge in [0.25, 0.3) is 0 Å². The highest BCUT2D eigenvalue weighted by molar-refractivity contribution is 5.52. The maximum absolute atomic E-state index is 13.9. The molecule has 2 aromatic carbocycles. The second-order valence-electron chi connectivity index (χ2n) is 4.82. The lowest BCUT2D eigenvalue weighted by atomic mass is 10.00. The molecular formula is C16H12F2N2O. The Morgan fingerprint density at radius 1 is 1.19 bits per heavy atom. The summed E-state index contributed by atoms with van der Waals surface area (Å²) in [4.78, 5) is 0. The molecule has 1 atom stereocenters. The average Bonchev–Trinajstić information content (AvgIpc) is 2.49. The van der Waals surface area contributed by atoms with Gasteiger partial charge in [-0.1, -0.05) is 0 Å². The van der Waals surface area contributed by atoms with Crippen molar-refractivity contribution < 1.29 is 13.5 Å². The number of nitrogens with zero attached hydrogens (tertiary/aromatic N) is 1. The van der Waals surface area contributed by atoms with E-state index in [1.165, 1.54) is 30.3 Å². The van der Waals surface area contributed by atoms with Crippen LogP contribution in [0.3, 0.4) is 0 Å². The molecule has 0 bridgehead atoms. The molecule has 0 aliphatic carbocycles. The first-order chi connectivity index (χ1) is 10.2. The Hall–Kier alpha value is -2.61. The smallest absolute Gasteiger partial charge is 0.147 e. The summed E-state index contributed by atoms with van der Waals surface area (Å²) in [5.74, 6) is -0.251. The van der Waals surface area contributed by atoms with Crippen LogP contribution in [0, 0.1) is 23.0 Å². The summed E-state index contributed by atoms with van der Waals surface area (Å²) in [6.45, 7) is 0.480. The van der Waals surface area contributed by atoms with Crippen molar-refractivity contribution in [1.82, 2.24) is 0 Å². The van der Waals surface area contributed by atoms with Crippen molar-refractivity contribution in [3.63, 3.8) is 0 Å². The van der Waals surface area contributed by atoms with Gasteiger partial charge < -0.3 is 10.1 Å². The third kappa shape index (κ3) is 2.65. The van der Waals surface area contributed by atoms with E-state index in [0.29, 0.717) is 24.3 Å². The molecule has 0 fully saturated rings. The minimum absolute atomic E-state index is 0.230. The molecule has 1 aliphatic heterocycles. The van der Waals surface area contributed by atoms with Gasteiger partial charge in [-0.15, -0.1) is 0 Å². The number of hydrogen-bond acceptors (Lipinski definition) is 3. The van der Waals surface area contributed by atoms with Crippen LogP contribution in [0.5, 0.6) is 5.75 Å². The fourth-order valence-corrected chi connectivity index (χ4v) is 2.40. The van der Waals surface area contributed by atoms with Crippen LogP contribution in [-0.4, -0.2) is 6.61 Å². The van der Waals surface area contributed by atoms with Crippen molar-refractivity contribution in [3.05, 3.63) is 59.2 Å². The van der Waals surface area contributed by atoms with Crippen molar-refractivity contribution in [2.45, 2.75) is 12.5 Å². The van der Waals surface area contributed by atoms with Crippen molar-refractivity contribution in [3.8, 4) is 11.8 Å². The van der Waals surface area contributed by atoms with E-state index in [0.717, 1.165) is 0 Å². The van der Waals surface area contributed by atoms with Crippen molar-refractivity contribution in [2.75, 3.05) is 11.9 Å². The summed E-state index contributed by atoms with van der Waals surface area (Å²) >= 11 is 0. The van der Waals surface area contributed by atoms with Gasteiger partial charge in [0.15, 0.2) is 0 Å². The van der Waals surface area contributed by atoms with Crippen LogP contribution >= 0.6 is 0 Å². The lowest BCUT2D eigenvalue weighted by Gasteiger charge is -2.27. The highest BCUT2D eigenvalue weighted by Crippen LogP contribution is 2.35. The number of nitriles is 1. The molecule has 0 amide bonds. The normalized spacial score (nSPS) is 16.5. The van der Waals surface area contributed by atoms with E-state index in [-0.39, 0.29) is 23.1 Å². The summed E-state index contributed by atoms with van der Waals surface area (Å²) in [5, 5.41) is 11.8. The highest BCUT2D eigenvalue weighted by Gasteiger charge is 2.22. The van der Waals surface area contributed by atoms with E-state index < -0.39 is 5.82 Å². The van der Waals surface area contributed by atoms with Gasteiger partial charge in [-0.3, -0.25) is 0 Å². The Morgan fingerprint density at radius 3 is 2.81 bits per heavy atom. The van der Waals surface area contributed by atoms with Crippen LogP contribution < -0.4 is 10.1 Å². The van der Waals surface area contributed by atoms with E-state index in [9.17, 15) is 8.78 Å². The molecule has 1 unspecified atom stereocenters. The molecule has 0 radical (unpaired) electrons. The first-order valence-electron chi connectivity index (χ1n) is 6.56. The zero-order valence-corrected chi connectivity index (χ0v) is 11.1. The number of fused-ring (bicyclic) bond motifs is 1. The lowest BCUT2D eigenvalue weighted by Crippen LogP contribution is -2.21. The molecule has 3 nitrogen and oxygen atoms in total. The molecule has 3 rings (SSSR count). The molecule has 1 heterocycles. The Morgan fingerprint density at radius 2 is 2.05 bits per heavy atom. The van der Waals surface area contributed by atoms with Crippen LogP contribution in [0.1, 0.15) is 23.6 Å². The molecular weight excluding hydrogens is 274 g/mol. The van der Waals surface area contributed by atoms with E-state index in [2.05, 4.69) is 5.32 Å².